The first-order chi connectivity index (χ1) is 9.02. The minimum Gasteiger partial charge on any atom is -0.371 e. The number of hydrogen-bond acceptors (Lipinski definition) is 2. The zero-order valence-electron chi connectivity index (χ0n) is 12.7. The van der Waals surface area contributed by atoms with Crippen molar-refractivity contribution < 1.29 is 0 Å². The maximum Gasteiger partial charge on any atom is 0.0404 e. The van der Waals surface area contributed by atoms with E-state index >= 15 is 0 Å². The molecule has 0 unspecified atom stereocenters. The van der Waals surface area contributed by atoms with Gasteiger partial charge in [0.15, 0.2) is 0 Å². The molecule has 2 heteroatoms. The summed E-state index contributed by atoms with van der Waals surface area (Å²) in [6, 6.07) is 8.88. The van der Waals surface area contributed by atoms with Crippen molar-refractivity contribution in [3.63, 3.8) is 0 Å². The van der Waals surface area contributed by atoms with Gasteiger partial charge in [-0.15, -0.1) is 0 Å². The van der Waals surface area contributed by atoms with Gasteiger partial charge in [0.2, 0.25) is 0 Å². The Kier molecular flexibility index (Phi) is 4.51. The van der Waals surface area contributed by atoms with Crippen molar-refractivity contribution in [1.82, 2.24) is 0 Å². The summed E-state index contributed by atoms with van der Waals surface area (Å²) in [7, 11) is 0. The summed E-state index contributed by atoms with van der Waals surface area (Å²) in [6.45, 7) is 10.1. The van der Waals surface area contributed by atoms with Gasteiger partial charge in [-0.05, 0) is 48.8 Å². The van der Waals surface area contributed by atoms with E-state index in [0.717, 1.165) is 12.5 Å². The first kappa shape index (κ1) is 14.4. The molecule has 1 fully saturated rings. The largest absolute Gasteiger partial charge is 0.371 e. The molecule has 0 radical (unpaired) electrons. The van der Waals surface area contributed by atoms with Crippen LogP contribution in [0.4, 0.5) is 5.69 Å². The molecule has 1 aliphatic rings. The average Bonchev–Trinajstić information content (AvgIpc) is 2.39. The lowest BCUT2D eigenvalue weighted by atomic mass is 9.84. The lowest BCUT2D eigenvalue weighted by Crippen LogP contribution is -2.35. The van der Waals surface area contributed by atoms with Crippen molar-refractivity contribution in [2.24, 2.45) is 11.7 Å². The van der Waals surface area contributed by atoms with Crippen LogP contribution in [-0.2, 0) is 5.41 Å². The van der Waals surface area contributed by atoms with Gasteiger partial charge in [0.25, 0.3) is 0 Å². The summed E-state index contributed by atoms with van der Waals surface area (Å²) < 4.78 is 0. The minimum atomic E-state index is 0.213. The highest BCUT2D eigenvalue weighted by Gasteiger charge is 2.24. The van der Waals surface area contributed by atoms with E-state index in [0.29, 0.717) is 0 Å². The Balaban J connectivity index is 2.12. The Labute approximate surface area is 118 Å². The molecule has 0 spiro atoms. The van der Waals surface area contributed by atoms with Crippen molar-refractivity contribution in [3.05, 3.63) is 29.8 Å². The molecule has 0 saturated carbocycles. The molecule has 2 N–H and O–H groups in total. The number of anilines is 1. The van der Waals surface area contributed by atoms with E-state index in [1.807, 2.05) is 0 Å². The van der Waals surface area contributed by atoms with Crippen molar-refractivity contribution in [3.8, 4) is 0 Å². The Morgan fingerprint density at radius 3 is 2.37 bits per heavy atom. The van der Waals surface area contributed by atoms with Crippen LogP contribution in [0.15, 0.2) is 24.3 Å². The average molecular weight is 260 g/mol. The van der Waals surface area contributed by atoms with E-state index in [2.05, 4.69) is 49.9 Å². The number of nitrogens with two attached hydrogens (primary N) is 1. The van der Waals surface area contributed by atoms with Crippen LogP contribution in [0.5, 0.6) is 0 Å². The second kappa shape index (κ2) is 5.96. The summed E-state index contributed by atoms with van der Waals surface area (Å²) in [4.78, 5) is 2.56. The fraction of sp³-hybridized carbons (Fsp3) is 0.647. The third-order valence-corrected chi connectivity index (χ3v) is 4.24. The highest BCUT2D eigenvalue weighted by molar-refractivity contribution is 5.56. The molecule has 0 bridgehead atoms. The fourth-order valence-electron chi connectivity index (χ4n) is 3.08. The van der Waals surface area contributed by atoms with Gasteiger partial charge in [-0.3, -0.25) is 0 Å². The number of benzene rings is 1. The van der Waals surface area contributed by atoms with Gasteiger partial charge in [0.1, 0.15) is 0 Å². The van der Waals surface area contributed by atoms with Crippen molar-refractivity contribution in [2.75, 3.05) is 24.5 Å². The zero-order valence-corrected chi connectivity index (χ0v) is 12.7. The second-order valence-electron chi connectivity index (χ2n) is 6.77. The van der Waals surface area contributed by atoms with Crippen LogP contribution >= 0.6 is 0 Å². The molecule has 1 heterocycles. The summed E-state index contributed by atoms with van der Waals surface area (Å²) >= 11 is 0. The van der Waals surface area contributed by atoms with E-state index in [4.69, 9.17) is 5.73 Å². The normalized spacial score (nSPS) is 17.8. The van der Waals surface area contributed by atoms with Crippen molar-refractivity contribution >= 4 is 5.69 Å². The molecule has 1 aromatic carbocycles. The van der Waals surface area contributed by atoms with Gasteiger partial charge in [0, 0.05) is 18.8 Å². The molecule has 0 amide bonds. The summed E-state index contributed by atoms with van der Waals surface area (Å²) in [5, 5.41) is 0. The molecule has 2 rings (SSSR count). The van der Waals surface area contributed by atoms with E-state index in [-0.39, 0.29) is 5.41 Å². The molecule has 106 valence electrons. The molecule has 1 aliphatic heterocycles. The molecule has 1 aromatic rings. The van der Waals surface area contributed by atoms with Gasteiger partial charge in [-0.2, -0.15) is 0 Å². The first-order valence-corrected chi connectivity index (χ1v) is 7.57. The molecule has 0 aromatic heterocycles. The molecule has 19 heavy (non-hydrogen) atoms. The van der Waals surface area contributed by atoms with Gasteiger partial charge in [-0.1, -0.05) is 39.0 Å². The standard InChI is InChI=1S/C17H28N2/c1-17(2,3)15-6-4-5-7-16(15)19-12-9-14(8-11-18)10-13-19/h4-7,14H,8-13,18H2,1-3H3. The maximum absolute atomic E-state index is 5.67. The van der Waals surface area contributed by atoms with Crippen molar-refractivity contribution in [2.45, 2.75) is 45.4 Å². The van der Waals surface area contributed by atoms with Gasteiger partial charge >= 0.3 is 0 Å². The summed E-state index contributed by atoms with van der Waals surface area (Å²) in [6.07, 6.45) is 3.76. The van der Waals surface area contributed by atoms with E-state index < -0.39 is 0 Å². The summed E-state index contributed by atoms with van der Waals surface area (Å²) in [5.41, 5.74) is 8.78. The van der Waals surface area contributed by atoms with Crippen LogP contribution in [0.2, 0.25) is 0 Å². The lowest BCUT2D eigenvalue weighted by molar-refractivity contribution is 0.385. The van der Waals surface area contributed by atoms with Crippen LogP contribution in [0.1, 0.15) is 45.6 Å². The van der Waals surface area contributed by atoms with Gasteiger partial charge in [0.05, 0.1) is 0 Å². The number of nitrogens with zero attached hydrogens (tertiary/aromatic N) is 1. The molecule has 0 atom stereocenters. The molecular weight excluding hydrogens is 232 g/mol. The van der Waals surface area contributed by atoms with Crippen molar-refractivity contribution in [1.29, 1.82) is 0 Å². The second-order valence-corrected chi connectivity index (χ2v) is 6.77. The number of para-hydroxylation sites is 1. The monoisotopic (exact) mass is 260 g/mol. The maximum atomic E-state index is 5.67. The predicted octanol–water partition coefficient (Wildman–Crippen LogP) is 3.55. The Hall–Kier alpha value is -1.02. The fourth-order valence-corrected chi connectivity index (χ4v) is 3.08. The number of piperidine rings is 1. The van der Waals surface area contributed by atoms with E-state index in [9.17, 15) is 0 Å². The lowest BCUT2D eigenvalue weighted by Gasteiger charge is -2.36. The summed E-state index contributed by atoms with van der Waals surface area (Å²) in [5.74, 6) is 0.836. The van der Waals surface area contributed by atoms with E-state index in [1.54, 1.807) is 0 Å². The SMILES string of the molecule is CC(C)(C)c1ccccc1N1CCC(CCN)CC1. The topological polar surface area (TPSA) is 29.3 Å². The minimum absolute atomic E-state index is 0.213. The van der Waals surface area contributed by atoms with Crippen LogP contribution in [-0.4, -0.2) is 19.6 Å². The third-order valence-electron chi connectivity index (χ3n) is 4.24. The van der Waals surface area contributed by atoms with Crippen LogP contribution in [0.3, 0.4) is 0 Å². The third kappa shape index (κ3) is 3.50. The smallest absolute Gasteiger partial charge is 0.0404 e. The zero-order chi connectivity index (χ0) is 13.9. The number of hydrogen-bond donors (Lipinski definition) is 1. The molecule has 1 saturated heterocycles. The van der Waals surface area contributed by atoms with E-state index in [1.165, 1.54) is 43.6 Å². The quantitative estimate of drug-likeness (QED) is 0.900. The highest BCUT2D eigenvalue weighted by Crippen LogP contribution is 2.34. The van der Waals surface area contributed by atoms with Crippen LogP contribution < -0.4 is 10.6 Å². The Bertz CT molecular complexity index is 398. The molecular formula is C17H28N2. The number of rotatable bonds is 3. The first-order valence-electron chi connectivity index (χ1n) is 7.57. The Morgan fingerprint density at radius 2 is 1.79 bits per heavy atom. The molecule has 2 nitrogen and oxygen atoms in total. The van der Waals surface area contributed by atoms with Crippen LogP contribution in [0.25, 0.3) is 0 Å². The predicted molar refractivity (Wildman–Crippen MR) is 83.8 cm³/mol. The molecule has 0 aliphatic carbocycles. The van der Waals surface area contributed by atoms with Gasteiger partial charge in [-0.25, -0.2) is 0 Å². The van der Waals surface area contributed by atoms with Gasteiger partial charge < -0.3 is 10.6 Å². The Morgan fingerprint density at radius 1 is 1.16 bits per heavy atom. The highest BCUT2D eigenvalue weighted by atomic mass is 15.1. The van der Waals surface area contributed by atoms with Crippen LogP contribution in [0, 0.1) is 5.92 Å².